The number of Topliss-reactive ketones (excluding diaryl/α,β-unsaturated/α-hetero) is 1. The topological polar surface area (TPSA) is 49.8 Å². The summed E-state index contributed by atoms with van der Waals surface area (Å²) in [6.45, 7) is 2.31. The number of hydrogen-bond acceptors (Lipinski definition) is 4. The van der Waals surface area contributed by atoms with Crippen LogP contribution >= 0.6 is 0 Å². The molecule has 0 bridgehead atoms. The number of halogens is 1. The molecule has 138 valence electrons. The van der Waals surface area contributed by atoms with Crippen LogP contribution in [0.1, 0.15) is 23.2 Å². The van der Waals surface area contributed by atoms with Gasteiger partial charge in [0, 0.05) is 18.0 Å². The van der Waals surface area contributed by atoms with Gasteiger partial charge in [0.25, 0.3) is 0 Å². The van der Waals surface area contributed by atoms with Gasteiger partial charge in [-0.15, -0.1) is 0 Å². The van der Waals surface area contributed by atoms with Crippen LogP contribution in [-0.2, 0) is 0 Å². The summed E-state index contributed by atoms with van der Waals surface area (Å²) < 4.78 is 18.6. The van der Waals surface area contributed by atoms with Crippen molar-refractivity contribution in [2.24, 2.45) is 5.92 Å². The van der Waals surface area contributed by atoms with Gasteiger partial charge in [0.2, 0.25) is 0 Å². The molecule has 1 unspecified atom stereocenters. The maximum Gasteiger partial charge on any atom is 0.166 e. The van der Waals surface area contributed by atoms with Gasteiger partial charge in [-0.25, -0.2) is 4.39 Å². The van der Waals surface area contributed by atoms with E-state index in [4.69, 9.17) is 4.74 Å². The smallest absolute Gasteiger partial charge is 0.166 e. The molecule has 0 spiro atoms. The zero-order valence-electron chi connectivity index (χ0n) is 14.7. The Morgan fingerprint density at radius 1 is 1.12 bits per heavy atom. The average Bonchev–Trinajstić information content (AvgIpc) is 2.68. The van der Waals surface area contributed by atoms with Crippen molar-refractivity contribution in [1.82, 2.24) is 4.90 Å². The van der Waals surface area contributed by atoms with Gasteiger partial charge in [-0.2, -0.15) is 0 Å². The fraction of sp³-hybridized carbons (Fsp3) is 0.381. The van der Waals surface area contributed by atoms with Crippen LogP contribution in [0.4, 0.5) is 4.39 Å². The van der Waals surface area contributed by atoms with Crippen LogP contribution in [0.15, 0.2) is 54.6 Å². The Hall–Kier alpha value is -2.24. The van der Waals surface area contributed by atoms with E-state index in [1.807, 2.05) is 30.3 Å². The molecule has 1 aliphatic heterocycles. The number of hydrogen-bond donors (Lipinski definition) is 1. The third kappa shape index (κ3) is 5.13. The van der Waals surface area contributed by atoms with Gasteiger partial charge in [-0.05, 0) is 62.3 Å². The van der Waals surface area contributed by atoms with Gasteiger partial charge in [0.1, 0.15) is 24.3 Å². The number of nitrogens with zero attached hydrogens (tertiary/aromatic N) is 1. The number of piperidine rings is 1. The highest BCUT2D eigenvalue weighted by molar-refractivity contribution is 5.97. The third-order valence-corrected chi connectivity index (χ3v) is 4.74. The first kappa shape index (κ1) is 18.5. The van der Waals surface area contributed by atoms with E-state index in [9.17, 15) is 14.3 Å². The number of rotatable bonds is 7. The number of carbonyl (C=O) groups excluding carboxylic acids is 1. The van der Waals surface area contributed by atoms with Crippen molar-refractivity contribution in [2.75, 3.05) is 26.2 Å². The number of ether oxygens (including phenoxy) is 1. The van der Waals surface area contributed by atoms with Crippen molar-refractivity contribution in [3.8, 4) is 5.75 Å². The van der Waals surface area contributed by atoms with E-state index in [1.54, 1.807) is 12.1 Å². The average molecular weight is 357 g/mol. The maximum absolute atomic E-state index is 13.0. The Morgan fingerprint density at radius 3 is 2.42 bits per heavy atom. The molecular weight excluding hydrogens is 333 g/mol. The van der Waals surface area contributed by atoms with Crippen LogP contribution in [0, 0.1) is 11.7 Å². The number of aliphatic hydroxyl groups is 1. The van der Waals surface area contributed by atoms with E-state index >= 15 is 0 Å². The highest BCUT2D eigenvalue weighted by Gasteiger charge is 2.26. The molecule has 1 N–H and O–H groups in total. The van der Waals surface area contributed by atoms with E-state index in [0.29, 0.717) is 12.1 Å². The van der Waals surface area contributed by atoms with E-state index < -0.39 is 6.10 Å². The van der Waals surface area contributed by atoms with Crippen molar-refractivity contribution >= 4 is 5.78 Å². The Balaban J connectivity index is 1.41. The van der Waals surface area contributed by atoms with Gasteiger partial charge in [0.05, 0.1) is 0 Å². The Kier molecular flexibility index (Phi) is 6.36. The first-order valence-corrected chi connectivity index (χ1v) is 9.00. The molecule has 1 atom stereocenters. The minimum absolute atomic E-state index is 0.0329. The standard InChI is InChI=1S/C21H24FNO3/c22-18-8-6-16(7-9-18)21(25)17-10-12-23(13-11-17)14-19(24)15-26-20-4-2-1-3-5-20/h1-9,17,19,24H,10-15H2. The van der Waals surface area contributed by atoms with Crippen LogP contribution in [-0.4, -0.2) is 48.1 Å². The van der Waals surface area contributed by atoms with Crippen molar-refractivity contribution in [3.63, 3.8) is 0 Å². The van der Waals surface area contributed by atoms with Crippen LogP contribution in [0.5, 0.6) is 5.75 Å². The molecule has 2 aromatic rings. The number of likely N-dealkylation sites (tertiary alicyclic amines) is 1. The molecule has 0 saturated carbocycles. The molecule has 4 nitrogen and oxygen atoms in total. The van der Waals surface area contributed by atoms with Crippen LogP contribution in [0.25, 0.3) is 0 Å². The Bertz CT molecular complexity index is 697. The number of β-amino-alcohol motifs (C(OH)–C–C–N with tert-alkyl or cyclic N) is 1. The summed E-state index contributed by atoms with van der Waals surface area (Å²) in [4.78, 5) is 14.6. The van der Waals surface area contributed by atoms with E-state index in [1.165, 1.54) is 12.1 Å². The molecule has 0 radical (unpaired) electrons. The number of aliphatic hydroxyl groups excluding tert-OH is 1. The lowest BCUT2D eigenvalue weighted by Crippen LogP contribution is -2.42. The second kappa shape index (κ2) is 8.92. The summed E-state index contributed by atoms with van der Waals surface area (Å²) in [6.07, 6.45) is 0.935. The third-order valence-electron chi connectivity index (χ3n) is 4.74. The summed E-state index contributed by atoms with van der Waals surface area (Å²) >= 11 is 0. The lowest BCUT2D eigenvalue weighted by atomic mass is 9.89. The summed E-state index contributed by atoms with van der Waals surface area (Å²) in [5, 5.41) is 10.2. The van der Waals surface area contributed by atoms with E-state index in [-0.39, 0.29) is 24.1 Å². The zero-order valence-corrected chi connectivity index (χ0v) is 14.7. The van der Waals surface area contributed by atoms with Crippen LogP contribution in [0.2, 0.25) is 0 Å². The Morgan fingerprint density at radius 2 is 1.77 bits per heavy atom. The molecular formula is C21H24FNO3. The molecule has 3 rings (SSSR count). The quantitative estimate of drug-likeness (QED) is 0.774. The number of carbonyl (C=O) groups is 1. The number of benzene rings is 2. The van der Waals surface area contributed by atoms with Crippen molar-refractivity contribution < 1.29 is 19.0 Å². The molecule has 1 heterocycles. The van der Waals surface area contributed by atoms with Crippen molar-refractivity contribution in [1.29, 1.82) is 0 Å². The van der Waals surface area contributed by atoms with Crippen molar-refractivity contribution in [2.45, 2.75) is 18.9 Å². The first-order chi connectivity index (χ1) is 12.6. The van der Waals surface area contributed by atoms with Crippen LogP contribution < -0.4 is 4.74 Å². The summed E-state index contributed by atoms with van der Waals surface area (Å²) in [5.74, 6) is 0.463. The predicted molar refractivity (Wildman–Crippen MR) is 97.8 cm³/mol. The Labute approximate surface area is 153 Å². The van der Waals surface area contributed by atoms with Crippen molar-refractivity contribution in [3.05, 3.63) is 66.0 Å². The molecule has 26 heavy (non-hydrogen) atoms. The number of ketones is 1. The SMILES string of the molecule is O=C(c1ccc(F)cc1)C1CCN(CC(O)COc2ccccc2)CC1. The lowest BCUT2D eigenvalue weighted by molar-refractivity contribution is 0.0524. The van der Waals surface area contributed by atoms with Gasteiger partial charge in [-0.1, -0.05) is 18.2 Å². The van der Waals surface area contributed by atoms with E-state index in [0.717, 1.165) is 31.7 Å². The molecule has 2 aromatic carbocycles. The summed E-state index contributed by atoms with van der Waals surface area (Å²) in [7, 11) is 0. The zero-order chi connectivity index (χ0) is 18.4. The number of para-hydroxylation sites is 1. The molecule has 1 saturated heterocycles. The first-order valence-electron chi connectivity index (χ1n) is 9.00. The second-order valence-corrected chi connectivity index (χ2v) is 6.72. The normalized spacial score (nSPS) is 17.0. The summed E-state index contributed by atoms with van der Waals surface area (Å²) in [6, 6.07) is 15.2. The monoisotopic (exact) mass is 357 g/mol. The highest BCUT2D eigenvalue weighted by atomic mass is 19.1. The fourth-order valence-electron chi connectivity index (χ4n) is 3.29. The highest BCUT2D eigenvalue weighted by Crippen LogP contribution is 2.22. The predicted octanol–water partition coefficient (Wildman–Crippen LogP) is 3.16. The van der Waals surface area contributed by atoms with Gasteiger partial charge in [-0.3, -0.25) is 4.79 Å². The summed E-state index contributed by atoms with van der Waals surface area (Å²) in [5.41, 5.74) is 0.571. The minimum atomic E-state index is -0.570. The molecule has 0 aliphatic carbocycles. The van der Waals surface area contributed by atoms with Crippen LogP contribution in [0.3, 0.4) is 0 Å². The largest absolute Gasteiger partial charge is 0.491 e. The van der Waals surface area contributed by atoms with E-state index in [2.05, 4.69) is 4.90 Å². The molecule has 0 aromatic heterocycles. The minimum Gasteiger partial charge on any atom is -0.491 e. The molecule has 0 amide bonds. The maximum atomic E-state index is 13.0. The molecule has 5 heteroatoms. The second-order valence-electron chi connectivity index (χ2n) is 6.72. The lowest BCUT2D eigenvalue weighted by Gasteiger charge is -2.32. The fourth-order valence-corrected chi connectivity index (χ4v) is 3.29. The van der Waals surface area contributed by atoms with Gasteiger partial charge >= 0.3 is 0 Å². The van der Waals surface area contributed by atoms with Gasteiger partial charge < -0.3 is 14.7 Å². The molecule has 1 fully saturated rings. The molecule has 1 aliphatic rings. The van der Waals surface area contributed by atoms with Gasteiger partial charge in [0.15, 0.2) is 5.78 Å².